The van der Waals surface area contributed by atoms with Crippen LogP contribution in [-0.2, 0) is 26.8 Å². The predicted molar refractivity (Wildman–Crippen MR) is 130 cm³/mol. The Bertz CT molecular complexity index is 879. The van der Waals surface area contributed by atoms with E-state index >= 15 is 0 Å². The van der Waals surface area contributed by atoms with E-state index in [-0.39, 0.29) is 33.2 Å². The summed E-state index contributed by atoms with van der Waals surface area (Å²) in [5.41, 5.74) is 3.35. The van der Waals surface area contributed by atoms with Crippen LogP contribution in [-0.4, -0.2) is 0 Å². The molecule has 3 heteroatoms. The number of rotatable bonds is 2. The summed E-state index contributed by atoms with van der Waals surface area (Å²) in [4.78, 5) is 0. The minimum atomic E-state index is -0.313. The summed E-state index contributed by atoms with van der Waals surface area (Å²) in [5.74, 6) is -0.197. The van der Waals surface area contributed by atoms with Gasteiger partial charge >= 0.3 is 0 Å². The van der Waals surface area contributed by atoms with Crippen LogP contribution in [0.2, 0.25) is 0 Å². The van der Waals surface area contributed by atoms with E-state index in [1.54, 1.807) is 0 Å². The smallest absolute Gasteiger partial charge is 0.167 e. The Labute approximate surface area is 189 Å². The molecule has 0 spiro atoms. The average Bonchev–Trinajstić information content (AvgIpc) is 2.53. The first-order valence-electron chi connectivity index (χ1n) is 11.2. The van der Waals surface area contributed by atoms with E-state index in [1.165, 1.54) is 0 Å². The molecule has 0 fully saturated rings. The van der Waals surface area contributed by atoms with E-state index in [1.807, 2.05) is 65.8 Å². The van der Waals surface area contributed by atoms with Crippen LogP contribution in [0, 0.1) is 0 Å². The third kappa shape index (κ3) is 5.56. The van der Waals surface area contributed by atoms with Gasteiger partial charge in [-0.2, -0.15) is 0 Å². The molecule has 0 aliphatic carbocycles. The van der Waals surface area contributed by atoms with E-state index in [9.17, 15) is 10.2 Å². The first-order chi connectivity index (χ1) is 13.7. The van der Waals surface area contributed by atoms with Gasteiger partial charge < -0.3 is 10.4 Å². The Morgan fingerprint density at radius 1 is 0.581 bits per heavy atom. The standard InChI is InChI=1S/C28H41NO2/c1-25(2,3)17-13-19(27(7,8)9)23(30)21(15-17)29-22-16-18(26(4,5)6)14-20(24(22)31)28(10,11)12/h13-16,30H,1-12H3/q-1/p-1. The van der Waals surface area contributed by atoms with Crippen molar-refractivity contribution in [2.75, 3.05) is 0 Å². The fraction of sp³-hybridized carbons (Fsp3) is 0.571. The van der Waals surface area contributed by atoms with E-state index in [0.717, 1.165) is 22.3 Å². The van der Waals surface area contributed by atoms with Crippen LogP contribution >= 0.6 is 0 Å². The molecule has 0 saturated heterocycles. The predicted octanol–water partition coefficient (Wildman–Crippen LogP) is 8.43. The van der Waals surface area contributed by atoms with Gasteiger partial charge in [0.1, 0.15) is 0 Å². The zero-order valence-electron chi connectivity index (χ0n) is 21.6. The van der Waals surface area contributed by atoms with Crippen molar-refractivity contribution in [1.29, 1.82) is 0 Å². The normalized spacial score (nSPS) is 13.4. The molecular weight excluding hydrogens is 382 g/mol. The fourth-order valence-electron chi connectivity index (χ4n) is 3.50. The van der Waals surface area contributed by atoms with Gasteiger partial charge in [0.15, 0.2) is 5.75 Å². The van der Waals surface area contributed by atoms with Gasteiger partial charge in [-0.15, -0.1) is 11.4 Å². The fourth-order valence-corrected chi connectivity index (χ4v) is 3.50. The lowest BCUT2D eigenvalue weighted by Gasteiger charge is -2.38. The van der Waals surface area contributed by atoms with Crippen LogP contribution in [0.1, 0.15) is 105 Å². The van der Waals surface area contributed by atoms with Gasteiger partial charge in [0, 0.05) is 5.56 Å². The highest BCUT2D eigenvalue weighted by Crippen LogP contribution is 2.50. The monoisotopic (exact) mass is 422 g/mol. The second kappa shape index (κ2) is 7.76. The molecule has 2 rings (SSSR count). The zero-order valence-corrected chi connectivity index (χ0v) is 21.6. The molecule has 0 unspecified atom stereocenters. The number of hydrogen-bond donors (Lipinski definition) is 0. The maximum absolute atomic E-state index is 13.4. The van der Waals surface area contributed by atoms with Crippen molar-refractivity contribution in [3.05, 3.63) is 51.8 Å². The molecule has 0 atom stereocenters. The lowest BCUT2D eigenvalue weighted by Crippen LogP contribution is -2.18. The molecular formula is C28H40NO2-2. The second-order valence-corrected chi connectivity index (χ2v) is 12.9. The Hall–Kier alpha value is -2.16. The SMILES string of the molecule is CC(C)(C)c1cc([N-]c2cc(C(C)(C)C)cc(C(C)(C)C)c2[O-])c([O])c(C(C)(C)C)c1. The van der Waals surface area contributed by atoms with Crippen molar-refractivity contribution in [2.24, 2.45) is 0 Å². The summed E-state index contributed by atoms with van der Waals surface area (Å²) in [6.07, 6.45) is 0. The number of nitrogens with zero attached hydrogens (tertiary/aromatic N) is 1. The van der Waals surface area contributed by atoms with Crippen molar-refractivity contribution < 1.29 is 10.2 Å². The molecule has 0 amide bonds. The second-order valence-electron chi connectivity index (χ2n) is 12.9. The Balaban J connectivity index is 2.78. The van der Waals surface area contributed by atoms with Crippen molar-refractivity contribution in [3.63, 3.8) is 0 Å². The summed E-state index contributed by atoms with van der Waals surface area (Å²) in [7, 11) is 0. The quantitative estimate of drug-likeness (QED) is 0.479. The molecule has 0 aromatic heterocycles. The van der Waals surface area contributed by atoms with E-state index in [0.29, 0.717) is 11.4 Å². The van der Waals surface area contributed by atoms with Crippen LogP contribution in [0.5, 0.6) is 11.5 Å². The van der Waals surface area contributed by atoms with Crippen LogP contribution < -0.4 is 5.11 Å². The molecule has 0 N–H and O–H groups in total. The maximum atomic E-state index is 13.4. The van der Waals surface area contributed by atoms with Gasteiger partial charge in [-0.1, -0.05) is 119 Å². The Morgan fingerprint density at radius 2 is 0.968 bits per heavy atom. The molecule has 1 radical (unpaired) electrons. The molecule has 2 aromatic rings. The van der Waals surface area contributed by atoms with Crippen molar-refractivity contribution >= 4 is 11.4 Å². The summed E-state index contributed by atoms with van der Waals surface area (Å²) in [5, 5.41) is 31.5. The van der Waals surface area contributed by atoms with Gasteiger partial charge in [-0.05, 0) is 32.8 Å². The molecule has 0 bridgehead atoms. The summed E-state index contributed by atoms with van der Waals surface area (Å²) in [6.45, 7) is 25.0. The molecule has 3 nitrogen and oxygen atoms in total. The van der Waals surface area contributed by atoms with Gasteiger partial charge in [0.25, 0.3) is 0 Å². The minimum absolute atomic E-state index is 0.0987. The van der Waals surface area contributed by atoms with Crippen LogP contribution in [0.4, 0.5) is 11.4 Å². The number of hydrogen-bond acceptors (Lipinski definition) is 1. The maximum Gasteiger partial charge on any atom is 0.167 e. The van der Waals surface area contributed by atoms with Crippen LogP contribution in [0.25, 0.3) is 5.32 Å². The first kappa shape index (κ1) is 25.1. The van der Waals surface area contributed by atoms with Crippen LogP contribution in [0.15, 0.2) is 24.3 Å². The zero-order chi connectivity index (χ0) is 24.2. The summed E-state index contributed by atoms with van der Waals surface area (Å²) < 4.78 is 0. The third-order valence-electron chi connectivity index (χ3n) is 5.73. The lowest BCUT2D eigenvalue weighted by atomic mass is 9.79. The molecule has 0 aliphatic heterocycles. The molecule has 0 aliphatic rings. The number of benzene rings is 2. The van der Waals surface area contributed by atoms with Crippen molar-refractivity contribution in [2.45, 2.75) is 105 Å². The van der Waals surface area contributed by atoms with E-state index in [4.69, 9.17) is 5.32 Å². The Morgan fingerprint density at radius 3 is 1.35 bits per heavy atom. The summed E-state index contributed by atoms with van der Waals surface area (Å²) >= 11 is 0. The molecule has 0 heterocycles. The summed E-state index contributed by atoms with van der Waals surface area (Å²) in [6, 6.07) is 7.73. The van der Waals surface area contributed by atoms with Crippen LogP contribution in [0.3, 0.4) is 0 Å². The molecule has 2 aromatic carbocycles. The molecule has 31 heavy (non-hydrogen) atoms. The van der Waals surface area contributed by atoms with Gasteiger partial charge in [0.05, 0.1) is 0 Å². The van der Waals surface area contributed by atoms with Crippen molar-refractivity contribution in [3.8, 4) is 11.5 Å². The minimum Gasteiger partial charge on any atom is -0.873 e. The van der Waals surface area contributed by atoms with E-state index in [2.05, 4.69) is 41.5 Å². The van der Waals surface area contributed by atoms with Crippen molar-refractivity contribution in [1.82, 2.24) is 0 Å². The van der Waals surface area contributed by atoms with Gasteiger partial charge in [-0.25, -0.2) is 0 Å². The largest absolute Gasteiger partial charge is 0.873 e. The highest BCUT2D eigenvalue weighted by atomic mass is 16.3. The van der Waals surface area contributed by atoms with Gasteiger partial charge in [-0.3, -0.25) is 5.11 Å². The van der Waals surface area contributed by atoms with E-state index < -0.39 is 0 Å². The topological polar surface area (TPSA) is 57.1 Å². The Kier molecular flexibility index (Phi) is 6.28. The highest BCUT2D eigenvalue weighted by molar-refractivity contribution is 5.79. The average molecular weight is 423 g/mol. The lowest BCUT2D eigenvalue weighted by molar-refractivity contribution is -0.268. The highest BCUT2D eigenvalue weighted by Gasteiger charge is 2.25. The third-order valence-corrected chi connectivity index (χ3v) is 5.73. The van der Waals surface area contributed by atoms with Gasteiger partial charge in [0.2, 0.25) is 0 Å². The molecule has 171 valence electrons. The first-order valence-corrected chi connectivity index (χ1v) is 11.2. The molecule has 0 saturated carbocycles.